The number of carbonyl (C=O) groups excluding carboxylic acids is 1. The molecule has 2 aromatic rings. The van der Waals surface area contributed by atoms with Crippen molar-refractivity contribution in [3.8, 4) is 5.75 Å². The summed E-state index contributed by atoms with van der Waals surface area (Å²) in [6, 6.07) is 7.40. The SMILES string of the molecule is Cc1cc(Br)c(OCC(=O)NN=Cc2ccncc2)c(Br)c1. The third-order valence-corrected chi connectivity index (χ3v) is 3.78. The van der Waals surface area contributed by atoms with Crippen LogP contribution in [0.5, 0.6) is 5.75 Å². The minimum absolute atomic E-state index is 0.131. The lowest BCUT2D eigenvalue weighted by Gasteiger charge is -2.10. The van der Waals surface area contributed by atoms with E-state index in [4.69, 9.17) is 4.74 Å². The molecule has 0 bridgehead atoms. The number of pyridine rings is 1. The molecule has 0 radical (unpaired) electrons. The second-order valence-corrected chi connectivity index (χ2v) is 6.13. The molecule has 0 spiro atoms. The van der Waals surface area contributed by atoms with Gasteiger partial charge in [0.1, 0.15) is 5.75 Å². The molecule has 5 nitrogen and oxygen atoms in total. The van der Waals surface area contributed by atoms with Gasteiger partial charge in [-0.15, -0.1) is 0 Å². The van der Waals surface area contributed by atoms with Crippen LogP contribution in [0.15, 0.2) is 50.7 Å². The first-order valence-corrected chi connectivity index (χ1v) is 7.95. The number of aromatic nitrogens is 1. The third kappa shape index (κ3) is 4.92. The minimum atomic E-state index is -0.343. The van der Waals surface area contributed by atoms with E-state index in [0.717, 1.165) is 20.1 Å². The van der Waals surface area contributed by atoms with E-state index in [-0.39, 0.29) is 12.5 Å². The third-order valence-electron chi connectivity index (χ3n) is 2.60. The second-order valence-electron chi connectivity index (χ2n) is 4.42. The summed E-state index contributed by atoms with van der Waals surface area (Å²) in [5.74, 6) is 0.239. The lowest BCUT2D eigenvalue weighted by atomic mass is 10.2. The predicted octanol–water partition coefficient (Wildman–Crippen LogP) is 3.44. The maximum atomic E-state index is 11.7. The number of ether oxygens (including phenoxy) is 1. The Hall–Kier alpha value is -1.73. The van der Waals surface area contributed by atoms with Gasteiger partial charge in [0.25, 0.3) is 5.91 Å². The summed E-state index contributed by atoms with van der Waals surface area (Å²) in [6.45, 7) is 1.84. The van der Waals surface area contributed by atoms with E-state index in [1.807, 2.05) is 19.1 Å². The Morgan fingerprint density at radius 3 is 2.59 bits per heavy atom. The van der Waals surface area contributed by atoms with Crippen molar-refractivity contribution in [1.82, 2.24) is 10.4 Å². The quantitative estimate of drug-likeness (QED) is 0.588. The lowest BCUT2D eigenvalue weighted by molar-refractivity contribution is -0.123. The van der Waals surface area contributed by atoms with E-state index in [1.54, 1.807) is 24.5 Å². The summed E-state index contributed by atoms with van der Waals surface area (Å²) in [5.41, 5.74) is 4.33. The van der Waals surface area contributed by atoms with E-state index < -0.39 is 0 Å². The van der Waals surface area contributed by atoms with Crippen molar-refractivity contribution in [3.05, 3.63) is 56.7 Å². The van der Waals surface area contributed by atoms with Gasteiger partial charge < -0.3 is 4.74 Å². The zero-order valence-corrected chi connectivity index (χ0v) is 14.9. The molecule has 22 heavy (non-hydrogen) atoms. The van der Waals surface area contributed by atoms with Crippen molar-refractivity contribution in [2.75, 3.05) is 6.61 Å². The molecular weight excluding hydrogens is 414 g/mol. The van der Waals surface area contributed by atoms with Crippen molar-refractivity contribution in [2.24, 2.45) is 5.10 Å². The molecule has 0 fully saturated rings. The molecule has 0 atom stereocenters. The summed E-state index contributed by atoms with van der Waals surface area (Å²) in [4.78, 5) is 15.6. The Morgan fingerprint density at radius 1 is 1.32 bits per heavy atom. The Labute approximate surface area is 145 Å². The van der Waals surface area contributed by atoms with Gasteiger partial charge in [0.15, 0.2) is 6.61 Å². The number of carbonyl (C=O) groups is 1. The molecule has 0 saturated heterocycles. The first kappa shape index (κ1) is 16.6. The number of nitrogens with one attached hydrogen (secondary N) is 1. The van der Waals surface area contributed by atoms with Crippen LogP contribution in [0.25, 0.3) is 0 Å². The van der Waals surface area contributed by atoms with E-state index in [2.05, 4.69) is 47.4 Å². The predicted molar refractivity (Wildman–Crippen MR) is 92.0 cm³/mol. The van der Waals surface area contributed by atoms with Crippen molar-refractivity contribution < 1.29 is 9.53 Å². The molecule has 2 rings (SSSR count). The highest BCUT2D eigenvalue weighted by Gasteiger charge is 2.09. The molecule has 0 unspecified atom stereocenters. The number of hydrazone groups is 1. The van der Waals surface area contributed by atoms with Crippen LogP contribution in [-0.4, -0.2) is 23.7 Å². The van der Waals surface area contributed by atoms with Crippen LogP contribution in [0.4, 0.5) is 0 Å². The van der Waals surface area contributed by atoms with Crippen LogP contribution >= 0.6 is 31.9 Å². The highest BCUT2D eigenvalue weighted by atomic mass is 79.9. The topological polar surface area (TPSA) is 63.6 Å². The van der Waals surface area contributed by atoms with Gasteiger partial charge in [-0.25, -0.2) is 5.43 Å². The van der Waals surface area contributed by atoms with Crippen molar-refractivity contribution in [1.29, 1.82) is 0 Å². The fourth-order valence-electron chi connectivity index (χ4n) is 1.62. The normalized spacial score (nSPS) is 10.7. The van der Waals surface area contributed by atoms with Crippen LogP contribution < -0.4 is 10.2 Å². The lowest BCUT2D eigenvalue weighted by Crippen LogP contribution is -2.24. The molecule has 1 heterocycles. The summed E-state index contributed by atoms with van der Waals surface area (Å²) in [5, 5.41) is 3.86. The maximum absolute atomic E-state index is 11.7. The molecule has 1 aromatic carbocycles. The summed E-state index contributed by atoms with van der Waals surface area (Å²) in [6.07, 6.45) is 4.84. The van der Waals surface area contributed by atoms with Gasteiger partial charge in [0.05, 0.1) is 15.2 Å². The first-order chi connectivity index (χ1) is 10.6. The smallest absolute Gasteiger partial charge is 0.277 e. The monoisotopic (exact) mass is 425 g/mol. The van der Waals surface area contributed by atoms with E-state index >= 15 is 0 Å². The molecular formula is C15H13Br2N3O2. The molecule has 0 aliphatic heterocycles. The first-order valence-electron chi connectivity index (χ1n) is 6.36. The fourth-order valence-corrected chi connectivity index (χ4v) is 3.27. The number of hydrogen-bond acceptors (Lipinski definition) is 4. The van der Waals surface area contributed by atoms with Crippen LogP contribution in [0, 0.1) is 6.92 Å². The van der Waals surface area contributed by atoms with Crippen molar-refractivity contribution in [2.45, 2.75) is 6.92 Å². The number of rotatable bonds is 5. The minimum Gasteiger partial charge on any atom is -0.481 e. The second kappa shape index (κ2) is 8.05. The Bertz CT molecular complexity index is 667. The zero-order chi connectivity index (χ0) is 15.9. The average molecular weight is 427 g/mol. The van der Waals surface area contributed by atoms with Crippen LogP contribution in [0.1, 0.15) is 11.1 Å². The number of nitrogens with zero attached hydrogens (tertiary/aromatic N) is 2. The summed E-state index contributed by atoms with van der Waals surface area (Å²) in [7, 11) is 0. The van der Waals surface area contributed by atoms with Crippen LogP contribution in [-0.2, 0) is 4.79 Å². The molecule has 1 N–H and O–H groups in total. The van der Waals surface area contributed by atoms with Gasteiger partial charge in [-0.3, -0.25) is 9.78 Å². The van der Waals surface area contributed by atoms with Gasteiger partial charge in [-0.1, -0.05) is 0 Å². The Kier molecular flexibility index (Phi) is 6.09. The summed E-state index contributed by atoms with van der Waals surface area (Å²) >= 11 is 6.82. The van der Waals surface area contributed by atoms with Gasteiger partial charge in [-0.05, 0) is 74.2 Å². The largest absolute Gasteiger partial charge is 0.481 e. The molecule has 0 aliphatic carbocycles. The standard InChI is InChI=1S/C15H13Br2N3O2/c1-10-6-12(16)15(13(17)7-10)22-9-14(21)20-19-8-11-2-4-18-5-3-11/h2-8H,9H2,1H3,(H,20,21). The van der Waals surface area contributed by atoms with Crippen LogP contribution in [0.3, 0.4) is 0 Å². The fraction of sp³-hybridized carbons (Fsp3) is 0.133. The maximum Gasteiger partial charge on any atom is 0.277 e. The number of aryl methyl sites for hydroxylation is 1. The van der Waals surface area contributed by atoms with E-state index in [0.29, 0.717) is 5.75 Å². The van der Waals surface area contributed by atoms with Crippen molar-refractivity contribution >= 4 is 44.0 Å². The van der Waals surface area contributed by atoms with Crippen LogP contribution in [0.2, 0.25) is 0 Å². The Morgan fingerprint density at radius 2 is 1.95 bits per heavy atom. The Balaban J connectivity index is 1.87. The highest BCUT2D eigenvalue weighted by molar-refractivity contribution is 9.11. The van der Waals surface area contributed by atoms with E-state index in [1.165, 1.54) is 6.21 Å². The molecule has 1 amide bonds. The van der Waals surface area contributed by atoms with E-state index in [9.17, 15) is 4.79 Å². The number of hydrogen-bond donors (Lipinski definition) is 1. The number of amides is 1. The number of halogens is 2. The number of benzene rings is 1. The molecule has 0 saturated carbocycles. The summed E-state index contributed by atoms with van der Waals surface area (Å²) < 4.78 is 7.07. The van der Waals surface area contributed by atoms with Gasteiger partial charge >= 0.3 is 0 Å². The molecule has 114 valence electrons. The molecule has 7 heteroatoms. The average Bonchev–Trinajstić information content (AvgIpc) is 2.47. The van der Waals surface area contributed by atoms with Crippen molar-refractivity contribution in [3.63, 3.8) is 0 Å². The van der Waals surface area contributed by atoms with Gasteiger partial charge in [0, 0.05) is 12.4 Å². The zero-order valence-electron chi connectivity index (χ0n) is 11.7. The highest BCUT2D eigenvalue weighted by Crippen LogP contribution is 2.34. The van der Waals surface area contributed by atoms with Gasteiger partial charge in [0.2, 0.25) is 0 Å². The molecule has 1 aromatic heterocycles. The van der Waals surface area contributed by atoms with Gasteiger partial charge in [-0.2, -0.15) is 5.10 Å². The molecule has 0 aliphatic rings.